The maximum Gasteiger partial charge on any atom is 0.188 e. The minimum Gasteiger partial charge on any atom is -0.227 e. The Labute approximate surface area is 87.1 Å². The average Bonchev–Trinajstić information content (AvgIpc) is 2.48. The van der Waals surface area contributed by atoms with Crippen molar-refractivity contribution in [2.24, 2.45) is 0 Å². The van der Waals surface area contributed by atoms with Crippen LogP contribution in [0.2, 0.25) is 5.15 Å². The Morgan fingerprint density at radius 1 is 1.46 bits per heavy atom. The molecule has 0 aliphatic heterocycles. The van der Waals surface area contributed by atoms with E-state index in [4.69, 9.17) is 11.6 Å². The molecule has 2 rings (SSSR count). The summed E-state index contributed by atoms with van der Waals surface area (Å²) in [5.41, 5.74) is 2.32. The molecule has 4 heteroatoms. The first-order valence-corrected chi connectivity index (χ1v) is 5.93. The number of fused-ring (bicyclic) bond motifs is 1. The molecule has 0 amide bonds. The third kappa shape index (κ3) is 1.55. The van der Waals surface area contributed by atoms with E-state index in [1.54, 1.807) is 11.8 Å². The minimum atomic E-state index is 0.543. The third-order valence-electron chi connectivity index (χ3n) is 2.44. The monoisotopic (exact) mass is 214 g/mol. The van der Waals surface area contributed by atoms with Crippen molar-refractivity contribution in [2.75, 3.05) is 6.26 Å². The van der Waals surface area contributed by atoms with Gasteiger partial charge in [0.25, 0.3) is 0 Å². The number of nitrogens with zero attached hydrogens (tertiary/aromatic N) is 2. The molecule has 0 fully saturated rings. The summed E-state index contributed by atoms with van der Waals surface area (Å²) in [6.45, 7) is 2.19. The molecule has 1 aromatic rings. The van der Waals surface area contributed by atoms with E-state index in [2.05, 4.69) is 16.9 Å². The Balaban J connectivity index is 2.53. The van der Waals surface area contributed by atoms with Crippen LogP contribution in [-0.2, 0) is 6.42 Å². The van der Waals surface area contributed by atoms with Crippen molar-refractivity contribution >= 4 is 23.4 Å². The highest BCUT2D eigenvalue weighted by Crippen LogP contribution is 2.35. The fourth-order valence-corrected chi connectivity index (χ4v) is 2.37. The van der Waals surface area contributed by atoms with Crippen LogP contribution in [-0.4, -0.2) is 16.2 Å². The zero-order valence-electron chi connectivity index (χ0n) is 7.67. The molecule has 0 radical (unpaired) electrons. The van der Waals surface area contributed by atoms with Crippen LogP contribution in [0.1, 0.15) is 30.5 Å². The first-order valence-electron chi connectivity index (χ1n) is 4.32. The quantitative estimate of drug-likeness (QED) is 0.409. The summed E-state index contributed by atoms with van der Waals surface area (Å²) in [5.74, 6) is 0.543. The van der Waals surface area contributed by atoms with Gasteiger partial charge in [-0.05, 0) is 25.0 Å². The van der Waals surface area contributed by atoms with E-state index < -0.39 is 0 Å². The summed E-state index contributed by atoms with van der Waals surface area (Å²) in [6.07, 6.45) is 4.16. The molecular formula is C9H11ClN2S. The van der Waals surface area contributed by atoms with Crippen molar-refractivity contribution in [3.63, 3.8) is 0 Å². The number of halogens is 1. The van der Waals surface area contributed by atoms with Gasteiger partial charge in [-0.2, -0.15) is 0 Å². The topological polar surface area (TPSA) is 25.8 Å². The van der Waals surface area contributed by atoms with Crippen molar-refractivity contribution in [3.8, 4) is 0 Å². The van der Waals surface area contributed by atoms with Crippen LogP contribution >= 0.6 is 23.4 Å². The second-order valence-corrected chi connectivity index (χ2v) is 4.44. The molecule has 0 aromatic carbocycles. The molecular weight excluding hydrogens is 204 g/mol. The Morgan fingerprint density at radius 2 is 2.23 bits per heavy atom. The van der Waals surface area contributed by atoms with Crippen LogP contribution in [0, 0.1) is 0 Å². The number of thioether (sulfide) groups is 1. The van der Waals surface area contributed by atoms with Crippen LogP contribution in [0.25, 0.3) is 0 Å². The zero-order valence-corrected chi connectivity index (χ0v) is 9.24. The highest BCUT2D eigenvalue weighted by atomic mass is 35.5. The molecule has 1 heterocycles. The summed E-state index contributed by atoms with van der Waals surface area (Å²) in [5, 5.41) is 1.44. The second kappa shape index (κ2) is 3.46. The number of hydrogen-bond acceptors (Lipinski definition) is 3. The summed E-state index contributed by atoms with van der Waals surface area (Å²) in [4.78, 5) is 8.70. The van der Waals surface area contributed by atoms with Gasteiger partial charge in [0.05, 0.1) is 5.69 Å². The lowest BCUT2D eigenvalue weighted by atomic mass is 10.1. The van der Waals surface area contributed by atoms with E-state index in [1.165, 1.54) is 0 Å². The summed E-state index contributed by atoms with van der Waals surface area (Å²) in [6, 6.07) is 0. The molecule has 0 N–H and O–H groups in total. The van der Waals surface area contributed by atoms with Gasteiger partial charge in [0.1, 0.15) is 5.15 Å². The van der Waals surface area contributed by atoms with Crippen molar-refractivity contribution < 1.29 is 0 Å². The maximum atomic E-state index is 6.05. The standard InChI is InChI=1S/C9H11ClN2S/c1-5-3-4-6-7(5)11-9(13-2)12-8(6)10/h5H,3-4H2,1-2H3. The summed E-state index contributed by atoms with van der Waals surface area (Å²) < 4.78 is 0. The van der Waals surface area contributed by atoms with E-state index >= 15 is 0 Å². The third-order valence-corrected chi connectivity index (χ3v) is 3.31. The molecule has 1 aromatic heterocycles. The molecule has 1 aliphatic carbocycles. The van der Waals surface area contributed by atoms with Gasteiger partial charge < -0.3 is 0 Å². The Kier molecular flexibility index (Phi) is 2.47. The molecule has 70 valence electrons. The van der Waals surface area contributed by atoms with Gasteiger partial charge in [-0.1, -0.05) is 30.3 Å². The van der Waals surface area contributed by atoms with E-state index in [0.29, 0.717) is 11.1 Å². The van der Waals surface area contributed by atoms with E-state index in [-0.39, 0.29) is 0 Å². The first-order chi connectivity index (χ1) is 6.22. The highest BCUT2D eigenvalue weighted by molar-refractivity contribution is 7.98. The summed E-state index contributed by atoms with van der Waals surface area (Å²) >= 11 is 7.60. The van der Waals surface area contributed by atoms with Crippen LogP contribution in [0.4, 0.5) is 0 Å². The van der Waals surface area contributed by atoms with Crippen LogP contribution in [0.3, 0.4) is 0 Å². The number of aromatic nitrogens is 2. The molecule has 1 aliphatic rings. The number of rotatable bonds is 1. The molecule has 1 unspecified atom stereocenters. The van der Waals surface area contributed by atoms with Gasteiger partial charge in [0, 0.05) is 5.56 Å². The van der Waals surface area contributed by atoms with Crippen molar-refractivity contribution in [3.05, 3.63) is 16.4 Å². The number of hydrogen-bond donors (Lipinski definition) is 0. The van der Waals surface area contributed by atoms with Crippen LogP contribution in [0.5, 0.6) is 0 Å². The van der Waals surface area contributed by atoms with Crippen molar-refractivity contribution in [1.82, 2.24) is 9.97 Å². The molecule has 0 saturated heterocycles. The molecule has 13 heavy (non-hydrogen) atoms. The Morgan fingerprint density at radius 3 is 2.92 bits per heavy atom. The molecule has 1 atom stereocenters. The Hall–Kier alpha value is -0.280. The first kappa shape index (κ1) is 9.28. The zero-order chi connectivity index (χ0) is 9.42. The molecule has 0 saturated carbocycles. The molecule has 2 nitrogen and oxygen atoms in total. The van der Waals surface area contributed by atoms with Crippen molar-refractivity contribution in [1.29, 1.82) is 0 Å². The van der Waals surface area contributed by atoms with Crippen LogP contribution < -0.4 is 0 Å². The minimum absolute atomic E-state index is 0.543. The lowest BCUT2D eigenvalue weighted by Gasteiger charge is -2.05. The summed E-state index contributed by atoms with van der Waals surface area (Å²) in [7, 11) is 0. The molecule has 0 spiro atoms. The van der Waals surface area contributed by atoms with E-state index in [0.717, 1.165) is 29.3 Å². The van der Waals surface area contributed by atoms with Gasteiger partial charge >= 0.3 is 0 Å². The Bertz CT molecular complexity index is 341. The van der Waals surface area contributed by atoms with Crippen molar-refractivity contribution in [2.45, 2.75) is 30.8 Å². The predicted molar refractivity (Wildman–Crippen MR) is 55.6 cm³/mol. The predicted octanol–water partition coefficient (Wildman–Crippen LogP) is 2.90. The van der Waals surface area contributed by atoms with Gasteiger partial charge in [0.2, 0.25) is 0 Å². The lowest BCUT2D eigenvalue weighted by molar-refractivity contribution is 0.721. The second-order valence-electron chi connectivity index (χ2n) is 3.30. The largest absolute Gasteiger partial charge is 0.227 e. The average molecular weight is 215 g/mol. The van der Waals surface area contributed by atoms with Gasteiger partial charge in [0.15, 0.2) is 5.16 Å². The SMILES string of the molecule is CSc1nc(Cl)c2c(n1)C(C)CC2. The molecule has 0 bridgehead atoms. The fourth-order valence-electron chi connectivity index (χ4n) is 1.68. The van der Waals surface area contributed by atoms with Gasteiger partial charge in [-0.3, -0.25) is 0 Å². The smallest absolute Gasteiger partial charge is 0.188 e. The fraction of sp³-hybridized carbons (Fsp3) is 0.556. The van der Waals surface area contributed by atoms with E-state index in [1.807, 2.05) is 6.26 Å². The maximum absolute atomic E-state index is 6.05. The van der Waals surface area contributed by atoms with Crippen LogP contribution in [0.15, 0.2) is 5.16 Å². The van der Waals surface area contributed by atoms with Gasteiger partial charge in [-0.15, -0.1) is 0 Å². The highest BCUT2D eigenvalue weighted by Gasteiger charge is 2.24. The van der Waals surface area contributed by atoms with E-state index in [9.17, 15) is 0 Å². The van der Waals surface area contributed by atoms with Gasteiger partial charge in [-0.25, -0.2) is 9.97 Å². The normalized spacial score (nSPS) is 20.4. The lowest BCUT2D eigenvalue weighted by Crippen LogP contribution is -1.97.